The van der Waals surface area contributed by atoms with Gasteiger partial charge in [-0.1, -0.05) is 11.6 Å². The lowest BCUT2D eigenvalue weighted by molar-refractivity contribution is -0.112. The van der Waals surface area contributed by atoms with Crippen molar-refractivity contribution in [1.82, 2.24) is 14.8 Å². The van der Waals surface area contributed by atoms with Crippen molar-refractivity contribution in [3.63, 3.8) is 0 Å². The number of nitrogens with one attached hydrogen (secondary N) is 1. The van der Waals surface area contributed by atoms with Gasteiger partial charge in [0.1, 0.15) is 11.4 Å². The van der Waals surface area contributed by atoms with Crippen LogP contribution in [0.2, 0.25) is 5.15 Å². The Labute approximate surface area is 164 Å². The fraction of sp³-hybridized carbons (Fsp3) is 0.412. The van der Waals surface area contributed by atoms with Gasteiger partial charge in [0, 0.05) is 36.6 Å². The Morgan fingerprint density at radius 1 is 1.56 bits per heavy atom. The first-order valence-corrected chi connectivity index (χ1v) is 9.87. The minimum absolute atomic E-state index is 0.0796. The van der Waals surface area contributed by atoms with Gasteiger partial charge in [-0.15, -0.1) is 0 Å². The van der Waals surface area contributed by atoms with Crippen LogP contribution < -0.4 is 4.90 Å². The molecule has 0 saturated heterocycles. The van der Waals surface area contributed by atoms with E-state index >= 15 is 0 Å². The number of halogens is 3. The number of hydrogen-bond acceptors (Lipinski definition) is 5. The van der Waals surface area contributed by atoms with E-state index in [9.17, 15) is 13.6 Å². The summed E-state index contributed by atoms with van der Waals surface area (Å²) in [6.07, 6.45) is 4.74. The number of anilines is 1. The van der Waals surface area contributed by atoms with Crippen LogP contribution in [0.3, 0.4) is 0 Å². The van der Waals surface area contributed by atoms with Crippen molar-refractivity contribution >= 4 is 40.7 Å². The number of carbonyl (C=O) groups excluding carboxylic acids is 1. The molecule has 0 radical (unpaired) electrons. The molecule has 144 valence electrons. The van der Waals surface area contributed by atoms with Crippen LogP contribution in [0.5, 0.6) is 0 Å². The Balaban J connectivity index is 1.66. The molecule has 1 amide bonds. The van der Waals surface area contributed by atoms with Crippen LogP contribution in [0.15, 0.2) is 30.7 Å². The number of pyridine rings is 1. The Morgan fingerprint density at radius 2 is 2.30 bits per heavy atom. The standard InChI is InChI=1S/C17H18ClF2N5OS/c1-2-24(16(26)13(21)10-27-9-11-6-17(11,19)20)14-8-25(23-15(14)18)12-4-3-5-22-7-12/h3-5,7-8,11,21H,2,6,9-10H2,1H3. The van der Waals surface area contributed by atoms with Gasteiger partial charge in [0.15, 0.2) is 5.15 Å². The molecular formula is C17H18ClF2N5OS. The van der Waals surface area contributed by atoms with Gasteiger partial charge in [0.05, 0.1) is 18.1 Å². The molecule has 1 unspecified atom stereocenters. The number of alkyl halides is 2. The normalized spacial score (nSPS) is 17.6. The van der Waals surface area contributed by atoms with Crippen LogP contribution in [0.4, 0.5) is 14.5 Å². The third kappa shape index (κ3) is 4.47. The second-order valence-corrected chi connectivity index (χ2v) is 7.55. The van der Waals surface area contributed by atoms with Crippen molar-refractivity contribution in [3.05, 3.63) is 35.9 Å². The molecule has 0 bridgehead atoms. The van der Waals surface area contributed by atoms with Gasteiger partial charge < -0.3 is 4.90 Å². The Kier molecular flexibility index (Phi) is 5.81. The zero-order valence-corrected chi connectivity index (χ0v) is 16.1. The molecule has 1 atom stereocenters. The SMILES string of the molecule is CCN(C(=O)C(=N)CSCC1CC1(F)F)c1cn(-c2cccnc2)nc1Cl. The summed E-state index contributed by atoms with van der Waals surface area (Å²) in [6, 6.07) is 3.55. The third-order valence-electron chi connectivity index (χ3n) is 4.19. The summed E-state index contributed by atoms with van der Waals surface area (Å²) in [5, 5.41) is 12.3. The molecule has 10 heteroatoms. The predicted octanol–water partition coefficient (Wildman–Crippen LogP) is 3.68. The summed E-state index contributed by atoms with van der Waals surface area (Å²) in [5.74, 6) is -3.41. The van der Waals surface area contributed by atoms with Crippen LogP contribution in [-0.2, 0) is 4.79 Å². The third-order valence-corrected chi connectivity index (χ3v) is 5.59. The van der Waals surface area contributed by atoms with Gasteiger partial charge in [0.25, 0.3) is 11.8 Å². The summed E-state index contributed by atoms with van der Waals surface area (Å²) in [6.45, 7) is 2.06. The van der Waals surface area contributed by atoms with E-state index in [0.717, 1.165) is 0 Å². The molecule has 2 aromatic heterocycles. The average Bonchev–Trinajstić information content (AvgIpc) is 3.08. The van der Waals surface area contributed by atoms with Crippen molar-refractivity contribution in [1.29, 1.82) is 5.41 Å². The largest absolute Gasteiger partial charge is 0.303 e. The topological polar surface area (TPSA) is 74.9 Å². The molecule has 0 aliphatic heterocycles. The number of amides is 1. The first kappa shape index (κ1) is 19.8. The van der Waals surface area contributed by atoms with E-state index in [4.69, 9.17) is 17.0 Å². The predicted molar refractivity (Wildman–Crippen MR) is 103 cm³/mol. The monoisotopic (exact) mass is 413 g/mol. The molecule has 27 heavy (non-hydrogen) atoms. The van der Waals surface area contributed by atoms with Crippen LogP contribution in [-0.4, -0.2) is 50.4 Å². The van der Waals surface area contributed by atoms with Crippen LogP contribution >= 0.6 is 23.4 Å². The van der Waals surface area contributed by atoms with Crippen LogP contribution in [0, 0.1) is 11.3 Å². The first-order chi connectivity index (χ1) is 12.8. The van der Waals surface area contributed by atoms with Gasteiger partial charge in [-0.3, -0.25) is 15.2 Å². The average molecular weight is 414 g/mol. The molecule has 1 N–H and O–H groups in total. The molecule has 0 spiro atoms. The number of thioether (sulfide) groups is 1. The number of rotatable bonds is 8. The maximum atomic E-state index is 12.9. The summed E-state index contributed by atoms with van der Waals surface area (Å²) < 4.78 is 27.3. The quantitative estimate of drug-likeness (QED) is 0.670. The molecule has 1 aliphatic rings. The van der Waals surface area contributed by atoms with E-state index in [1.54, 1.807) is 37.6 Å². The van der Waals surface area contributed by atoms with Gasteiger partial charge >= 0.3 is 0 Å². The summed E-state index contributed by atoms with van der Waals surface area (Å²) in [4.78, 5) is 18.0. The van der Waals surface area contributed by atoms with Crippen LogP contribution in [0.1, 0.15) is 13.3 Å². The molecule has 0 aromatic carbocycles. The highest BCUT2D eigenvalue weighted by atomic mass is 35.5. The van der Waals surface area contributed by atoms with Gasteiger partial charge in [-0.25, -0.2) is 13.5 Å². The number of nitrogens with zero attached hydrogens (tertiary/aromatic N) is 4. The zero-order valence-electron chi connectivity index (χ0n) is 14.5. The Morgan fingerprint density at radius 3 is 2.89 bits per heavy atom. The fourth-order valence-electron chi connectivity index (χ4n) is 2.55. The second kappa shape index (κ2) is 7.93. The zero-order chi connectivity index (χ0) is 19.6. The van der Waals surface area contributed by atoms with E-state index in [-0.39, 0.29) is 28.8 Å². The van der Waals surface area contributed by atoms with Crippen molar-refractivity contribution in [3.8, 4) is 5.69 Å². The summed E-state index contributed by atoms with van der Waals surface area (Å²) >= 11 is 7.38. The molecule has 3 rings (SSSR count). The number of aromatic nitrogens is 3. The molecular weight excluding hydrogens is 396 g/mol. The smallest absolute Gasteiger partial charge is 0.272 e. The van der Waals surface area contributed by atoms with E-state index in [1.807, 2.05) is 0 Å². The minimum atomic E-state index is -2.58. The van der Waals surface area contributed by atoms with Crippen molar-refractivity contribution in [2.45, 2.75) is 19.3 Å². The highest BCUT2D eigenvalue weighted by molar-refractivity contribution is 8.00. The van der Waals surface area contributed by atoms with Gasteiger partial charge in [-0.05, 0) is 19.1 Å². The summed E-state index contributed by atoms with van der Waals surface area (Å²) in [5.41, 5.74) is 0.914. The van der Waals surface area contributed by atoms with E-state index < -0.39 is 17.7 Å². The lowest BCUT2D eigenvalue weighted by Gasteiger charge is -2.19. The van der Waals surface area contributed by atoms with Gasteiger partial charge in [0.2, 0.25) is 0 Å². The molecule has 1 fully saturated rings. The maximum absolute atomic E-state index is 12.9. The number of hydrogen-bond donors (Lipinski definition) is 1. The second-order valence-electron chi connectivity index (χ2n) is 6.17. The van der Waals surface area contributed by atoms with Crippen molar-refractivity contribution < 1.29 is 13.6 Å². The Bertz CT molecular complexity index is 845. The lowest BCUT2D eigenvalue weighted by Crippen LogP contribution is -2.37. The molecule has 2 aromatic rings. The van der Waals surface area contributed by atoms with Crippen molar-refractivity contribution in [2.75, 3.05) is 23.0 Å². The maximum Gasteiger partial charge on any atom is 0.272 e. The fourth-order valence-corrected chi connectivity index (χ4v) is 3.87. The molecule has 2 heterocycles. The minimum Gasteiger partial charge on any atom is -0.303 e. The van der Waals surface area contributed by atoms with Crippen molar-refractivity contribution in [2.24, 2.45) is 5.92 Å². The van der Waals surface area contributed by atoms with E-state index in [1.165, 1.54) is 21.3 Å². The van der Waals surface area contributed by atoms with E-state index in [2.05, 4.69) is 10.1 Å². The van der Waals surface area contributed by atoms with Gasteiger partial charge in [-0.2, -0.15) is 16.9 Å². The lowest BCUT2D eigenvalue weighted by atomic mass is 10.3. The molecule has 6 nitrogen and oxygen atoms in total. The highest BCUT2D eigenvalue weighted by Gasteiger charge is 2.56. The highest BCUT2D eigenvalue weighted by Crippen LogP contribution is 2.50. The number of carbonyl (C=O) groups is 1. The Hall–Kier alpha value is -2.00. The summed E-state index contributed by atoms with van der Waals surface area (Å²) in [7, 11) is 0. The van der Waals surface area contributed by atoms with Crippen LogP contribution in [0.25, 0.3) is 5.69 Å². The first-order valence-electron chi connectivity index (χ1n) is 8.34. The molecule has 1 saturated carbocycles. The van der Waals surface area contributed by atoms with E-state index in [0.29, 0.717) is 17.9 Å². The molecule has 1 aliphatic carbocycles.